The summed E-state index contributed by atoms with van der Waals surface area (Å²) in [6.07, 6.45) is 3.01. The molecule has 13 heteroatoms. The largest absolute Gasteiger partial charge is 0.492 e. The van der Waals surface area contributed by atoms with Gasteiger partial charge in [-0.2, -0.15) is 0 Å². The molecule has 260 valence electrons. The number of benzene rings is 2. The van der Waals surface area contributed by atoms with Crippen LogP contribution in [0.25, 0.3) is 0 Å². The zero-order chi connectivity index (χ0) is 34.8. The number of rotatable bonds is 25. The van der Waals surface area contributed by atoms with Gasteiger partial charge in [-0.05, 0) is 55.3 Å². The van der Waals surface area contributed by atoms with Crippen LogP contribution in [-0.2, 0) is 38.6 Å². The summed E-state index contributed by atoms with van der Waals surface area (Å²) >= 11 is 0. The Balaban J connectivity index is 2.18. The molecule has 1 unspecified atom stereocenters. The van der Waals surface area contributed by atoms with E-state index in [1.165, 1.54) is 10.5 Å². The Hall–Kier alpha value is -4.20. The van der Waals surface area contributed by atoms with Crippen LogP contribution in [0.1, 0.15) is 50.3 Å². The van der Waals surface area contributed by atoms with Crippen LogP contribution in [0, 0.1) is 0 Å². The number of carboxylic acids is 4. The van der Waals surface area contributed by atoms with E-state index in [0.717, 1.165) is 24.8 Å². The molecule has 0 aromatic heterocycles. The summed E-state index contributed by atoms with van der Waals surface area (Å²) in [7, 11) is 0. The van der Waals surface area contributed by atoms with Gasteiger partial charge in [0.1, 0.15) is 24.7 Å². The first-order chi connectivity index (χ1) is 22.4. The summed E-state index contributed by atoms with van der Waals surface area (Å²) in [6, 6.07) is 13.0. The molecule has 0 aliphatic rings. The Morgan fingerprint density at radius 3 is 1.85 bits per heavy atom. The number of hydrogen-bond donors (Lipinski definition) is 4. The molecule has 0 amide bonds. The lowest BCUT2D eigenvalue weighted by atomic mass is 10.1. The maximum absolute atomic E-state index is 11.7. The van der Waals surface area contributed by atoms with Gasteiger partial charge in [-0.25, -0.2) is 0 Å². The van der Waals surface area contributed by atoms with E-state index >= 15 is 0 Å². The summed E-state index contributed by atoms with van der Waals surface area (Å²) in [5.74, 6) is -3.61. The maximum atomic E-state index is 11.7. The fraction of sp³-hybridized carbons (Fsp3) is 0.529. The van der Waals surface area contributed by atoms with Crippen molar-refractivity contribution < 1.29 is 49.1 Å². The fourth-order valence-corrected chi connectivity index (χ4v) is 5.24. The third-order valence-corrected chi connectivity index (χ3v) is 7.66. The topological polar surface area (TPSA) is 177 Å². The second kappa shape index (κ2) is 20.8. The lowest BCUT2D eigenvalue weighted by Crippen LogP contribution is -2.50. The van der Waals surface area contributed by atoms with Gasteiger partial charge < -0.3 is 29.9 Å². The predicted molar refractivity (Wildman–Crippen MR) is 175 cm³/mol. The van der Waals surface area contributed by atoms with E-state index < -0.39 is 37.0 Å². The number of carbonyl (C=O) groups is 4. The molecule has 0 aliphatic carbocycles. The van der Waals surface area contributed by atoms with Crippen LogP contribution in [0.2, 0.25) is 0 Å². The second-order valence-electron chi connectivity index (χ2n) is 11.4. The van der Waals surface area contributed by atoms with E-state index in [-0.39, 0.29) is 45.2 Å². The number of aliphatic carboxylic acids is 4. The second-order valence-corrected chi connectivity index (χ2v) is 11.4. The molecule has 2 aromatic rings. The van der Waals surface area contributed by atoms with Crippen molar-refractivity contribution >= 4 is 23.9 Å². The number of carboxylic acid groups (broad SMARTS) is 4. The van der Waals surface area contributed by atoms with Gasteiger partial charge in [0.25, 0.3) is 0 Å². The zero-order valence-corrected chi connectivity index (χ0v) is 27.6. The lowest BCUT2D eigenvalue weighted by Gasteiger charge is -2.34. The Kier molecular flexibility index (Phi) is 17.3. The molecule has 4 N–H and O–H groups in total. The third-order valence-electron chi connectivity index (χ3n) is 7.66. The van der Waals surface area contributed by atoms with Crippen molar-refractivity contribution in [1.29, 1.82) is 0 Å². The first-order valence-corrected chi connectivity index (χ1v) is 16.0. The van der Waals surface area contributed by atoms with E-state index in [9.17, 15) is 29.4 Å². The molecule has 0 saturated carbocycles. The molecular weight excluding hydrogens is 610 g/mol. The van der Waals surface area contributed by atoms with Crippen molar-refractivity contribution in [3.63, 3.8) is 0 Å². The van der Waals surface area contributed by atoms with Gasteiger partial charge in [-0.15, -0.1) is 0 Å². The number of ether oxygens (including phenoxy) is 2. The van der Waals surface area contributed by atoms with Crippen LogP contribution in [0.5, 0.6) is 11.5 Å². The van der Waals surface area contributed by atoms with Crippen molar-refractivity contribution in [3.8, 4) is 11.5 Å². The highest BCUT2D eigenvalue weighted by Gasteiger charge is 2.24. The van der Waals surface area contributed by atoms with Crippen LogP contribution >= 0.6 is 0 Å². The number of nitrogens with zero attached hydrogens (tertiary/aromatic N) is 3. The number of likely N-dealkylation sites (N-methyl/N-ethyl adjacent to an activating group) is 1. The zero-order valence-electron chi connectivity index (χ0n) is 27.6. The van der Waals surface area contributed by atoms with Gasteiger partial charge in [0.05, 0.1) is 32.1 Å². The molecule has 2 aromatic carbocycles. The minimum absolute atomic E-state index is 0.0327. The average Bonchev–Trinajstić information content (AvgIpc) is 3.00. The van der Waals surface area contributed by atoms with Crippen molar-refractivity contribution in [3.05, 3.63) is 59.2 Å². The summed E-state index contributed by atoms with van der Waals surface area (Å²) < 4.78 is 12.2. The van der Waals surface area contributed by atoms with Gasteiger partial charge in [0.15, 0.2) is 0 Å². The Bertz CT molecular complexity index is 1270. The average molecular weight is 660 g/mol. The van der Waals surface area contributed by atoms with E-state index in [1.807, 2.05) is 26.0 Å². The molecular formula is C34H49N3O10. The van der Waals surface area contributed by atoms with E-state index in [0.29, 0.717) is 36.8 Å². The molecule has 0 fully saturated rings. The highest BCUT2D eigenvalue weighted by molar-refractivity contribution is 5.73. The quantitative estimate of drug-likeness (QED) is 0.122. The Morgan fingerprint density at radius 2 is 1.30 bits per heavy atom. The van der Waals surface area contributed by atoms with Crippen LogP contribution in [-0.4, -0.2) is 124 Å². The van der Waals surface area contributed by atoms with E-state index in [4.69, 9.17) is 19.7 Å². The minimum Gasteiger partial charge on any atom is -0.492 e. The minimum atomic E-state index is -1.18. The molecule has 0 spiro atoms. The summed E-state index contributed by atoms with van der Waals surface area (Å²) in [5, 5.41) is 37.5. The highest BCUT2D eigenvalue weighted by Crippen LogP contribution is 2.26. The normalized spacial score (nSPS) is 12.0. The summed E-state index contributed by atoms with van der Waals surface area (Å²) in [4.78, 5) is 50.8. The number of unbranched alkanes of at least 4 members (excludes halogenated alkanes) is 1. The van der Waals surface area contributed by atoms with Crippen LogP contribution < -0.4 is 9.47 Å². The molecule has 0 heterocycles. The van der Waals surface area contributed by atoms with Crippen LogP contribution in [0.3, 0.4) is 0 Å². The number of hydrogen-bond acceptors (Lipinski definition) is 9. The van der Waals surface area contributed by atoms with Crippen LogP contribution in [0.15, 0.2) is 42.5 Å². The van der Waals surface area contributed by atoms with Crippen molar-refractivity contribution in [2.45, 2.75) is 59.1 Å². The van der Waals surface area contributed by atoms with Gasteiger partial charge in [0.2, 0.25) is 0 Å². The van der Waals surface area contributed by atoms with Crippen LogP contribution in [0.4, 0.5) is 0 Å². The molecule has 1 atom stereocenters. The van der Waals surface area contributed by atoms with Crippen molar-refractivity contribution in [2.75, 3.05) is 59.0 Å². The maximum Gasteiger partial charge on any atom is 0.317 e. The molecule has 47 heavy (non-hydrogen) atoms. The van der Waals surface area contributed by atoms with Gasteiger partial charge in [-0.1, -0.05) is 51.5 Å². The van der Waals surface area contributed by atoms with Gasteiger partial charge >= 0.3 is 23.9 Å². The molecule has 0 bridgehead atoms. The first kappa shape index (κ1) is 39.0. The lowest BCUT2D eigenvalue weighted by molar-refractivity contribution is -0.143. The summed E-state index contributed by atoms with van der Waals surface area (Å²) in [5.41, 5.74) is 2.70. The van der Waals surface area contributed by atoms with E-state index in [1.54, 1.807) is 23.1 Å². The monoisotopic (exact) mass is 659 g/mol. The van der Waals surface area contributed by atoms with Crippen molar-refractivity contribution in [1.82, 2.24) is 14.7 Å². The molecule has 2 rings (SSSR count). The standard InChI is InChI=1S/C34H49N3O10/c1-4-7-8-25-9-11-26(12-10-25)23-46-29-13-14-30(27(17-29)18-31(38)39)47-24-28(37(5-2)6-3)19-35(20-32(40)41)15-16-36(21-33(42)43)22-34(44)45/h9-14,17,28H,4-8,15-16,18-24H2,1-3H3,(H,38,39)(H,40,41)(H,42,43)(H,44,45). The molecule has 0 aliphatic heterocycles. The third kappa shape index (κ3) is 15.3. The van der Waals surface area contributed by atoms with Crippen molar-refractivity contribution in [2.24, 2.45) is 0 Å². The summed E-state index contributed by atoms with van der Waals surface area (Å²) in [6.45, 7) is 6.82. The first-order valence-electron chi connectivity index (χ1n) is 16.0. The molecule has 0 radical (unpaired) electrons. The fourth-order valence-electron chi connectivity index (χ4n) is 5.24. The molecule has 13 nitrogen and oxygen atoms in total. The highest BCUT2D eigenvalue weighted by atomic mass is 16.5. The van der Waals surface area contributed by atoms with Gasteiger partial charge in [-0.3, -0.25) is 33.9 Å². The van der Waals surface area contributed by atoms with Gasteiger partial charge in [0, 0.05) is 25.2 Å². The smallest absolute Gasteiger partial charge is 0.317 e. The molecule has 0 saturated heterocycles. The predicted octanol–water partition coefficient (Wildman–Crippen LogP) is 3.18. The Labute approximate surface area is 276 Å². The Morgan fingerprint density at radius 1 is 0.723 bits per heavy atom. The SMILES string of the molecule is CCCCc1ccc(COc2ccc(OCC(CN(CCN(CC(=O)O)CC(=O)O)CC(=O)O)N(CC)CC)c(CC(=O)O)c2)cc1. The number of aryl methyl sites for hydroxylation is 1. The van der Waals surface area contributed by atoms with E-state index in [2.05, 4.69) is 24.0 Å².